The summed E-state index contributed by atoms with van der Waals surface area (Å²) < 4.78 is 0. The molecule has 8 heteroatoms. The molecular weight excluding hydrogens is 330 g/mol. The number of carboxylic acid groups (broad SMARTS) is 1. The molecular formula is C16H17N3O4S. The van der Waals surface area contributed by atoms with Gasteiger partial charge in [-0.25, -0.2) is 9.78 Å². The number of carboxylic acids is 1. The summed E-state index contributed by atoms with van der Waals surface area (Å²) in [6.45, 7) is 3.56. The summed E-state index contributed by atoms with van der Waals surface area (Å²) in [5.74, 6) is -1.66. The second kappa shape index (κ2) is 7.69. The lowest BCUT2D eigenvalue weighted by Crippen LogP contribution is -2.18. The predicted octanol–water partition coefficient (Wildman–Crippen LogP) is 2.62. The third-order valence-electron chi connectivity index (χ3n) is 3.04. The maximum Gasteiger partial charge on any atom is 0.335 e. The van der Waals surface area contributed by atoms with Gasteiger partial charge in [-0.15, -0.1) is 11.3 Å². The standard InChI is InChI=1S/C16H17N3O4S/c1-9(2)14(21)19-16-18-12(8-24-16)7-13(20)17-11-5-3-4-10(6-11)15(22)23/h3-6,8-9H,7H2,1-2H3,(H,17,20)(H,22,23)(H,18,19,21). The van der Waals surface area contributed by atoms with E-state index in [4.69, 9.17) is 5.11 Å². The van der Waals surface area contributed by atoms with Gasteiger partial charge < -0.3 is 15.7 Å². The molecule has 0 saturated carbocycles. The SMILES string of the molecule is CC(C)C(=O)Nc1nc(CC(=O)Nc2cccc(C(=O)O)c2)cs1. The molecule has 0 aliphatic carbocycles. The molecule has 2 amide bonds. The molecule has 0 aliphatic heterocycles. The highest BCUT2D eigenvalue weighted by Crippen LogP contribution is 2.17. The van der Waals surface area contributed by atoms with Crippen LogP contribution in [0.5, 0.6) is 0 Å². The van der Waals surface area contributed by atoms with E-state index in [9.17, 15) is 14.4 Å². The fourth-order valence-corrected chi connectivity index (χ4v) is 2.51. The van der Waals surface area contributed by atoms with E-state index in [0.717, 1.165) is 0 Å². The van der Waals surface area contributed by atoms with Crippen LogP contribution < -0.4 is 10.6 Å². The van der Waals surface area contributed by atoms with E-state index >= 15 is 0 Å². The molecule has 3 N–H and O–H groups in total. The van der Waals surface area contributed by atoms with Crippen molar-refractivity contribution < 1.29 is 19.5 Å². The number of hydrogen-bond donors (Lipinski definition) is 3. The molecule has 2 rings (SSSR count). The van der Waals surface area contributed by atoms with E-state index in [-0.39, 0.29) is 29.7 Å². The Morgan fingerprint density at radius 1 is 1.25 bits per heavy atom. The van der Waals surface area contributed by atoms with Gasteiger partial charge in [-0.05, 0) is 18.2 Å². The molecule has 1 heterocycles. The lowest BCUT2D eigenvalue weighted by molar-refractivity contribution is -0.119. The van der Waals surface area contributed by atoms with Crippen LogP contribution >= 0.6 is 11.3 Å². The molecule has 0 aliphatic rings. The highest BCUT2D eigenvalue weighted by molar-refractivity contribution is 7.13. The largest absolute Gasteiger partial charge is 0.478 e. The molecule has 0 unspecified atom stereocenters. The molecule has 0 radical (unpaired) electrons. The van der Waals surface area contributed by atoms with Gasteiger partial charge in [-0.2, -0.15) is 0 Å². The third-order valence-corrected chi connectivity index (χ3v) is 3.85. The van der Waals surface area contributed by atoms with Crippen LogP contribution in [0.25, 0.3) is 0 Å². The van der Waals surface area contributed by atoms with Gasteiger partial charge in [0.05, 0.1) is 17.7 Å². The Hall–Kier alpha value is -2.74. The number of benzene rings is 1. The van der Waals surface area contributed by atoms with E-state index < -0.39 is 5.97 Å². The summed E-state index contributed by atoms with van der Waals surface area (Å²) in [7, 11) is 0. The van der Waals surface area contributed by atoms with Gasteiger partial charge in [0.25, 0.3) is 0 Å². The molecule has 1 aromatic carbocycles. The maximum atomic E-state index is 12.0. The third kappa shape index (κ3) is 4.88. The Labute approximate surface area is 142 Å². The van der Waals surface area contributed by atoms with E-state index in [1.54, 1.807) is 31.4 Å². The van der Waals surface area contributed by atoms with E-state index in [0.29, 0.717) is 16.5 Å². The van der Waals surface area contributed by atoms with Gasteiger partial charge in [-0.3, -0.25) is 9.59 Å². The Bertz CT molecular complexity index is 770. The first-order valence-corrected chi connectivity index (χ1v) is 8.11. The van der Waals surface area contributed by atoms with Crippen molar-refractivity contribution in [2.45, 2.75) is 20.3 Å². The molecule has 0 atom stereocenters. The first-order chi connectivity index (χ1) is 11.3. The first-order valence-electron chi connectivity index (χ1n) is 7.23. The van der Waals surface area contributed by atoms with Crippen molar-refractivity contribution in [2.24, 2.45) is 5.92 Å². The van der Waals surface area contributed by atoms with Crippen LogP contribution in [0.4, 0.5) is 10.8 Å². The summed E-state index contributed by atoms with van der Waals surface area (Å²) in [5.41, 5.74) is 1.04. The van der Waals surface area contributed by atoms with Crippen LogP contribution in [0.1, 0.15) is 29.9 Å². The van der Waals surface area contributed by atoms with Crippen LogP contribution in [0, 0.1) is 5.92 Å². The quantitative estimate of drug-likeness (QED) is 0.744. The Kier molecular flexibility index (Phi) is 5.64. The maximum absolute atomic E-state index is 12.0. The lowest BCUT2D eigenvalue weighted by atomic mass is 10.2. The van der Waals surface area contributed by atoms with Gasteiger partial charge in [0.2, 0.25) is 11.8 Å². The van der Waals surface area contributed by atoms with Crippen LogP contribution in [0.3, 0.4) is 0 Å². The number of aromatic nitrogens is 1. The fourth-order valence-electron chi connectivity index (χ4n) is 1.79. The Morgan fingerprint density at radius 2 is 2.00 bits per heavy atom. The lowest BCUT2D eigenvalue weighted by Gasteiger charge is -2.05. The Morgan fingerprint density at radius 3 is 2.67 bits per heavy atom. The van der Waals surface area contributed by atoms with E-state index in [1.807, 2.05) is 0 Å². The van der Waals surface area contributed by atoms with Gasteiger partial charge in [-0.1, -0.05) is 19.9 Å². The van der Waals surface area contributed by atoms with Crippen LogP contribution in [0.15, 0.2) is 29.6 Å². The molecule has 1 aromatic heterocycles. The highest BCUT2D eigenvalue weighted by Gasteiger charge is 2.12. The number of aromatic carboxylic acids is 1. The zero-order valence-corrected chi connectivity index (χ0v) is 14.0. The second-order valence-electron chi connectivity index (χ2n) is 5.40. The van der Waals surface area contributed by atoms with Crippen LogP contribution in [-0.2, 0) is 16.0 Å². The number of hydrogen-bond acceptors (Lipinski definition) is 5. The number of carbonyl (C=O) groups excluding carboxylic acids is 2. The highest BCUT2D eigenvalue weighted by atomic mass is 32.1. The van der Waals surface area contributed by atoms with Crippen LogP contribution in [-0.4, -0.2) is 27.9 Å². The van der Waals surface area contributed by atoms with Crippen molar-refractivity contribution in [1.29, 1.82) is 0 Å². The molecule has 7 nitrogen and oxygen atoms in total. The van der Waals surface area contributed by atoms with Crippen molar-refractivity contribution in [2.75, 3.05) is 10.6 Å². The monoisotopic (exact) mass is 347 g/mol. The molecule has 2 aromatic rings. The minimum absolute atomic E-state index is 0.0331. The Balaban J connectivity index is 1.95. The van der Waals surface area contributed by atoms with Crippen molar-refractivity contribution in [3.05, 3.63) is 40.9 Å². The molecule has 0 spiro atoms. The number of nitrogens with zero attached hydrogens (tertiary/aromatic N) is 1. The molecule has 126 valence electrons. The number of carbonyl (C=O) groups is 3. The number of nitrogens with one attached hydrogen (secondary N) is 2. The minimum Gasteiger partial charge on any atom is -0.478 e. The van der Waals surface area contributed by atoms with Crippen LogP contribution in [0.2, 0.25) is 0 Å². The molecule has 0 fully saturated rings. The fraction of sp³-hybridized carbons (Fsp3) is 0.250. The van der Waals surface area contributed by atoms with Gasteiger partial charge in [0.1, 0.15) is 0 Å². The topological polar surface area (TPSA) is 108 Å². The summed E-state index contributed by atoms with van der Waals surface area (Å²) in [6.07, 6.45) is 0.0331. The number of anilines is 2. The number of amides is 2. The number of thiazole rings is 1. The minimum atomic E-state index is -1.06. The first kappa shape index (κ1) is 17.6. The summed E-state index contributed by atoms with van der Waals surface area (Å²) >= 11 is 1.25. The van der Waals surface area contributed by atoms with Gasteiger partial charge in [0.15, 0.2) is 5.13 Å². The zero-order chi connectivity index (χ0) is 17.7. The average molecular weight is 347 g/mol. The molecule has 24 heavy (non-hydrogen) atoms. The van der Waals surface area contributed by atoms with Crippen molar-refractivity contribution in [3.63, 3.8) is 0 Å². The van der Waals surface area contributed by atoms with E-state index in [1.165, 1.54) is 23.5 Å². The zero-order valence-electron chi connectivity index (χ0n) is 13.2. The normalized spacial score (nSPS) is 10.5. The van der Waals surface area contributed by atoms with Crippen molar-refractivity contribution >= 4 is 39.9 Å². The van der Waals surface area contributed by atoms with Crippen molar-refractivity contribution in [3.8, 4) is 0 Å². The van der Waals surface area contributed by atoms with Gasteiger partial charge >= 0.3 is 5.97 Å². The summed E-state index contributed by atoms with van der Waals surface area (Å²) in [6, 6.07) is 6.00. The van der Waals surface area contributed by atoms with E-state index in [2.05, 4.69) is 15.6 Å². The second-order valence-corrected chi connectivity index (χ2v) is 6.26. The smallest absolute Gasteiger partial charge is 0.335 e. The molecule has 0 bridgehead atoms. The van der Waals surface area contributed by atoms with Gasteiger partial charge in [0, 0.05) is 17.0 Å². The predicted molar refractivity (Wildman–Crippen MR) is 91.3 cm³/mol. The number of rotatable bonds is 6. The van der Waals surface area contributed by atoms with Crippen molar-refractivity contribution in [1.82, 2.24) is 4.98 Å². The molecule has 0 saturated heterocycles. The average Bonchev–Trinajstić information content (AvgIpc) is 2.94. The summed E-state index contributed by atoms with van der Waals surface area (Å²) in [4.78, 5) is 38.7. The summed E-state index contributed by atoms with van der Waals surface area (Å²) in [5, 5.41) is 16.4.